The zero-order valence-electron chi connectivity index (χ0n) is 63.0. The van der Waals surface area contributed by atoms with E-state index in [2.05, 4.69) is 148 Å². The number of nitrogens with two attached hydrogens (primary N) is 1. The van der Waals surface area contributed by atoms with Gasteiger partial charge in [-0.05, 0) is 96.3 Å². The van der Waals surface area contributed by atoms with Crippen molar-refractivity contribution in [1.82, 2.24) is 0 Å². The number of unbranched alkanes of at least 4 members (excludes halogenated alkanes) is 41. The second kappa shape index (κ2) is 81.1. The minimum Gasteiger partial charge on any atom is -0.462 e. The molecule has 10 heteroatoms. The van der Waals surface area contributed by atoms with Crippen molar-refractivity contribution in [1.29, 1.82) is 0 Å². The Balaban J connectivity index is 3.88. The number of esters is 2. The predicted octanol–water partition coefficient (Wildman–Crippen LogP) is 27.5. The number of ether oxygens (including phenoxy) is 2. The highest BCUT2D eigenvalue weighted by atomic mass is 31.2. The van der Waals surface area contributed by atoms with Crippen LogP contribution in [-0.4, -0.2) is 49.3 Å². The van der Waals surface area contributed by atoms with Crippen molar-refractivity contribution in [2.45, 2.75) is 380 Å². The molecule has 0 heterocycles. The van der Waals surface area contributed by atoms with Crippen molar-refractivity contribution < 1.29 is 37.6 Å². The predicted molar refractivity (Wildman–Crippen MR) is 422 cm³/mol. The molecule has 0 saturated heterocycles. The first-order valence-electron chi connectivity index (χ1n) is 40.7. The summed E-state index contributed by atoms with van der Waals surface area (Å²) in [6.45, 7) is 3.66. The molecule has 97 heavy (non-hydrogen) atoms. The van der Waals surface area contributed by atoms with Gasteiger partial charge in [0.15, 0.2) is 6.10 Å². The van der Waals surface area contributed by atoms with E-state index in [9.17, 15) is 19.0 Å². The van der Waals surface area contributed by atoms with E-state index in [4.69, 9.17) is 24.3 Å². The SMILES string of the molecule is CC/C=C\C/C=C\C/C=C\C/C=C\C/C=C\C/C=C\C/C=C\C/C=C\C/C=C\C/C=C\C/C=C\CCCCCCCCCC(=O)OC(COC(=O)CCCCCCCCCCCCCCCCCCCCCCCCCCCCCCCCCCCCC)COP(=O)(O)OCCN. The third-order valence-corrected chi connectivity index (χ3v) is 18.5. The van der Waals surface area contributed by atoms with Gasteiger partial charge in [0.05, 0.1) is 13.2 Å². The lowest BCUT2D eigenvalue weighted by atomic mass is 10.0. The zero-order valence-corrected chi connectivity index (χ0v) is 63.9. The second-order valence-corrected chi connectivity index (χ2v) is 28.4. The maximum Gasteiger partial charge on any atom is 0.472 e. The summed E-state index contributed by atoms with van der Waals surface area (Å²) in [4.78, 5) is 35.5. The molecule has 0 amide bonds. The molecule has 0 radical (unpaired) electrons. The van der Waals surface area contributed by atoms with Gasteiger partial charge in [0.1, 0.15) is 6.61 Å². The molecule has 3 N–H and O–H groups in total. The summed E-state index contributed by atoms with van der Waals surface area (Å²) < 4.78 is 33.3. The van der Waals surface area contributed by atoms with Crippen LogP contribution in [-0.2, 0) is 32.7 Å². The molecule has 0 saturated carbocycles. The molecule has 0 spiro atoms. The fraction of sp³-hybridized carbons (Fsp3) is 0.724. The highest BCUT2D eigenvalue weighted by molar-refractivity contribution is 7.47. The Morgan fingerprint density at radius 3 is 0.845 bits per heavy atom. The molecule has 0 aliphatic carbocycles. The third kappa shape index (κ3) is 81.0. The van der Waals surface area contributed by atoms with E-state index in [0.717, 1.165) is 116 Å². The third-order valence-electron chi connectivity index (χ3n) is 17.6. The number of phosphoric ester groups is 1. The van der Waals surface area contributed by atoms with Gasteiger partial charge >= 0.3 is 19.8 Å². The van der Waals surface area contributed by atoms with E-state index in [0.29, 0.717) is 6.42 Å². The summed E-state index contributed by atoms with van der Waals surface area (Å²) in [5, 5.41) is 0. The van der Waals surface area contributed by atoms with Crippen LogP contribution in [0.25, 0.3) is 0 Å². The van der Waals surface area contributed by atoms with E-state index in [1.54, 1.807) is 0 Å². The Labute approximate surface area is 599 Å². The van der Waals surface area contributed by atoms with Crippen LogP contribution in [0.15, 0.2) is 134 Å². The average molecular weight is 1370 g/mol. The second-order valence-electron chi connectivity index (χ2n) is 26.9. The Hall–Kier alpha value is -3.85. The molecule has 2 atom stereocenters. The van der Waals surface area contributed by atoms with E-state index in [1.807, 2.05) is 0 Å². The van der Waals surface area contributed by atoms with Crippen LogP contribution in [0.2, 0.25) is 0 Å². The van der Waals surface area contributed by atoms with Crippen LogP contribution in [0.1, 0.15) is 373 Å². The molecule has 558 valence electrons. The number of carbonyl (C=O) groups excluding carboxylic acids is 2. The van der Waals surface area contributed by atoms with E-state index < -0.39 is 26.5 Å². The van der Waals surface area contributed by atoms with Gasteiger partial charge in [0.2, 0.25) is 0 Å². The number of rotatable bonds is 76. The van der Waals surface area contributed by atoms with Crippen molar-refractivity contribution in [3.8, 4) is 0 Å². The van der Waals surface area contributed by atoms with Gasteiger partial charge in [-0.2, -0.15) is 0 Å². The van der Waals surface area contributed by atoms with Gasteiger partial charge in [-0.15, -0.1) is 0 Å². The number of carbonyl (C=O) groups is 2. The molecular formula is C87H152NO8P. The molecule has 0 aromatic rings. The highest BCUT2D eigenvalue weighted by Gasteiger charge is 2.26. The molecule has 0 aliphatic rings. The van der Waals surface area contributed by atoms with Gasteiger partial charge in [-0.25, -0.2) is 4.57 Å². The molecule has 0 fully saturated rings. The molecule has 0 aromatic heterocycles. The van der Waals surface area contributed by atoms with Gasteiger partial charge in [0.25, 0.3) is 0 Å². The topological polar surface area (TPSA) is 134 Å². The standard InChI is InChI=1S/C87H152NO8P/c1-3-5-7-9-11-13-15-17-19-21-23-25-27-29-31-33-35-37-39-40-41-42-43-44-46-48-50-52-54-56-58-60-62-64-66-68-70-72-74-76-78-80-87(90)96-85(84-95-97(91,92)94-82-81-88)83-93-86(89)79-77-75-73-71-69-67-65-63-61-59-57-55-53-51-49-47-45-38-36-34-32-30-28-26-24-22-20-18-16-14-12-10-8-6-4-2/h5,7,11,13,17,19,23,25,29,31,35,37,40-41,43-44,48,50,54,56,60,62,85H,3-4,6,8-10,12,14-16,18,20-22,24,26-28,30,32-34,36,38-39,42,45-47,49,51-53,55,57-59,61,63-84,88H2,1-2H3,(H,91,92)/b7-5-,13-11-,19-17-,25-23-,31-29-,37-35-,41-40-,44-43-,50-48-,56-54-,62-60-. The minimum atomic E-state index is -4.41. The van der Waals surface area contributed by atoms with Crippen molar-refractivity contribution in [2.24, 2.45) is 5.73 Å². The van der Waals surface area contributed by atoms with Crippen LogP contribution in [0, 0.1) is 0 Å². The smallest absolute Gasteiger partial charge is 0.462 e. The van der Waals surface area contributed by atoms with Crippen molar-refractivity contribution in [3.63, 3.8) is 0 Å². The van der Waals surface area contributed by atoms with Crippen molar-refractivity contribution >= 4 is 19.8 Å². The lowest BCUT2D eigenvalue weighted by molar-refractivity contribution is -0.161. The summed E-state index contributed by atoms with van der Waals surface area (Å²) in [7, 11) is -4.41. The summed E-state index contributed by atoms with van der Waals surface area (Å²) in [5.41, 5.74) is 5.41. The molecule has 0 bridgehead atoms. The molecule has 0 rings (SSSR count). The Morgan fingerprint density at radius 2 is 0.567 bits per heavy atom. The van der Waals surface area contributed by atoms with Gasteiger partial charge < -0.3 is 20.1 Å². The first-order valence-corrected chi connectivity index (χ1v) is 42.2. The number of hydrogen-bond donors (Lipinski definition) is 2. The fourth-order valence-corrected chi connectivity index (χ4v) is 12.4. The largest absolute Gasteiger partial charge is 0.472 e. The van der Waals surface area contributed by atoms with Crippen LogP contribution < -0.4 is 5.73 Å². The monoisotopic (exact) mass is 1370 g/mol. The van der Waals surface area contributed by atoms with Crippen molar-refractivity contribution in [2.75, 3.05) is 26.4 Å². The quantitative estimate of drug-likeness (QED) is 0.0264. The maximum absolute atomic E-state index is 12.8. The fourth-order valence-electron chi connectivity index (χ4n) is 11.6. The highest BCUT2D eigenvalue weighted by Crippen LogP contribution is 2.43. The zero-order chi connectivity index (χ0) is 70.0. The van der Waals surface area contributed by atoms with Gasteiger partial charge in [-0.1, -0.05) is 398 Å². The van der Waals surface area contributed by atoms with Crippen LogP contribution in [0.3, 0.4) is 0 Å². The molecular weight excluding hydrogens is 1220 g/mol. The Morgan fingerprint density at radius 1 is 0.320 bits per heavy atom. The number of allylic oxidation sites excluding steroid dienone is 22. The normalized spacial score (nSPS) is 13.6. The number of phosphoric acid groups is 1. The van der Waals surface area contributed by atoms with Crippen LogP contribution in [0.5, 0.6) is 0 Å². The summed E-state index contributed by atoms with van der Waals surface area (Å²) >= 11 is 0. The average Bonchev–Trinajstić information content (AvgIpc) is 2.57. The molecule has 0 aliphatic heterocycles. The summed E-state index contributed by atoms with van der Waals surface area (Å²) in [6, 6.07) is 0. The first-order chi connectivity index (χ1) is 47.8. The van der Waals surface area contributed by atoms with Crippen molar-refractivity contribution in [3.05, 3.63) is 134 Å². The van der Waals surface area contributed by atoms with Gasteiger partial charge in [0, 0.05) is 19.4 Å². The molecule has 9 nitrogen and oxygen atoms in total. The first kappa shape index (κ1) is 93.2. The molecule has 2 unspecified atom stereocenters. The van der Waals surface area contributed by atoms with Crippen LogP contribution in [0.4, 0.5) is 0 Å². The van der Waals surface area contributed by atoms with E-state index in [-0.39, 0.29) is 38.6 Å². The lowest BCUT2D eigenvalue weighted by Gasteiger charge is -2.19. The Bertz CT molecular complexity index is 2060. The van der Waals surface area contributed by atoms with E-state index >= 15 is 0 Å². The molecule has 0 aromatic carbocycles. The minimum absolute atomic E-state index is 0.0471. The summed E-state index contributed by atoms with van der Waals surface area (Å²) in [6.07, 6.45) is 116. The maximum atomic E-state index is 12.8. The van der Waals surface area contributed by atoms with Gasteiger partial charge in [-0.3, -0.25) is 18.6 Å². The lowest BCUT2D eigenvalue weighted by Crippen LogP contribution is -2.29. The summed E-state index contributed by atoms with van der Waals surface area (Å²) in [5.74, 6) is -0.833. The van der Waals surface area contributed by atoms with Crippen LogP contribution >= 0.6 is 7.82 Å². The Kier molecular flexibility index (Phi) is 77.9. The number of hydrogen-bond acceptors (Lipinski definition) is 8. The van der Waals surface area contributed by atoms with E-state index in [1.165, 1.54) is 225 Å².